The fourth-order valence-corrected chi connectivity index (χ4v) is 3.23. The molecular weight excluding hydrogens is 342 g/mol. The second kappa shape index (κ2) is 7.45. The second-order valence-electron chi connectivity index (χ2n) is 5.06. The normalized spacial score (nSPS) is 11.4. The summed E-state index contributed by atoms with van der Waals surface area (Å²) < 4.78 is 38.1. The maximum Gasteiger partial charge on any atom is 0.240 e. The molecule has 0 aliphatic carbocycles. The highest BCUT2D eigenvalue weighted by molar-refractivity contribution is 7.89. The van der Waals surface area contributed by atoms with Crippen molar-refractivity contribution in [1.29, 1.82) is 0 Å². The fraction of sp³-hybridized carbons (Fsp3) is 0.176. The van der Waals surface area contributed by atoms with Crippen LogP contribution in [0.15, 0.2) is 64.4 Å². The van der Waals surface area contributed by atoms with E-state index in [4.69, 9.17) is 9.15 Å². The number of rotatable bonds is 7. The number of nitrogens with one attached hydrogen (secondary N) is 1. The molecule has 0 aliphatic heterocycles. The van der Waals surface area contributed by atoms with Gasteiger partial charge in [0.1, 0.15) is 11.4 Å². The summed E-state index contributed by atoms with van der Waals surface area (Å²) in [6.07, 6.45) is 4.56. The van der Waals surface area contributed by atoms with E-state index in [-0.39, 0.29) is 11.4 Å². The van der Waals surface area contributed by atoms with Crippen LogP contribution < -0.4 is 9.46 Å². The van der Waals surface area contributed by atoms with Crippen molar-refractivity contribution in [1.82, 2.24) is 14.7 Å². The Labute approximate surface area is 145 Å². The summed E-state index contributed by atoms with van der Waals surface area (Å²) in [7, 11) is -3.68. The standard InChI is InChI=1S/C17H17N3O4S/c1-2-23-13-5-7-14(8-6-13)25(21,22)20-12-15-17(19-10-9-18-15)16-4-3-11-24-16/h3-11,20H,2,12H2,1H3. The minimum Gasteiger partial charge on any atom is -0.494 e. The number of nitrogens with zero attached hydrogens (tertiary/aromatic N) is 2. The number of furan rings is 1. The first kappa shape index (κ1) is 17.1. The van der Waals surface area contributed by atoms with E-state index in [0.29, 0.717) is 29.5 Å². The summed E-state index contributed by atoms with van der Waals surface area (Å²) in [5, 5.41) is 0. The van der Waals surface area contributed by atoms with Gasteiger partial charge in [-0.3, -0.25) is 4.98 Å². The molecule has 0 saturated heterocycles. The lowest BCUT2D eigenvalue weighted by atomic mass is 10.2. The third-order valence-corrected chi connectivity index (χ3v) is 4.82. The lowest BCUT2D eigenvalue weighted by Crippen LogP contribution is -2.24. The third-order valence-electron chi connectivity index (χ3n) is 3.40. The van der Waals surface area contributed by atoms with Gasteiger partial charge < -0.3 is 9.15 Å². The first-order valence-corrected chi connectivity index (χ1v) is 9.15. The maximum atomic E-state index is 12.4. The van der Waals surface area contributed by atoms with Crippen LogP contribution >= 0.6 is 0 Å². The van der Waals surface area contributed by atoms with Crippen molar-refractivity contribution in [2.24, 2.45) is 0 Å². The van der Waals surface area contributed by atoms with Gasteiger partial charge in [0.25, 0.3) is 0 Å². The lowest BCUT2D eigenvalue weighted by molar-refractivity contribution is 0.340. The largest absolute Gasteiger partial charge is 0.494 e. The fourth-order valence-electron chi connectivity index (χ4n) is 2.24. The Bertz CT molecular complexity index is 923. The Kier molecular flexibility index (Phi) is 5.11. The van der Waals surface area contributed by atoms with Gasteiger partial charge in [-0.05, 0) is 43.3 Å². The first-order chi connectivity index (χ1) is 12.1. The summed E-state index contributed by atoms with van der Waals surface area (Å²) >= 11 is 0. The molecule has 0 bridgehead atoms. The summed E-state index contributed by atoms with van der Waals surface area (Å²) in [5.74, 6) is 1.15. The van der Waals surface area contributed by atoms with E-state index in [1.165, 1.54) is 30.8 Å². The van der Waals surface area contributed by atoms with E-state index >= 15 is 0 Å². The van der Waals surface area contributed by atoms with Crippen LogP contribution in [0.1, 0.15) is 12.6 Å². The maximum absolute atomic E-state index is 12.4. The van der Waals surface area contributed by atoms with Crippen LogP contribution in [-0.2, 0) is 16.6 Å². The predicted octanol–water partition coefficient (Wildman–Crippen LogP) is 2.61. The highest BCUT2D eigenvalue weighted by atomic mass is 32.2. The molecule has 0 radical (unpaired) electrons. The van der Waals surface area contributed by atoms with Crippen molar-refractivity contribution in [2.45, 2.75) is 18.4 Å². The summed E-state index contributed by atoms with van der Waals surface area (Å²) in [5.41, 5.74) is 0.980. The second-order valence-corrected chi connectivity index (χ2v) is 6.82. The Morgan fingerprint density at radius 1 is 1.12 bits per heavy atom. The molecule has 1 aromatic carbocycles. The quantitative estimate of drug-likeness (QED) is 0.697. The molecule has 3 rings (SSSR count). The van der Waals surface area contributed by atoms with Gasteiger partial charge in [-0.25, -0.2) is 18.1 Å². The minimum absolute atomic E-state index is 0.000577. The van der Waals surface area contributed by atoms with Gasteiger partial charge in [0, 0.05) is 12.4 Å². The number of hydrogen-bond donors (Lipinski definition) is 1. The number of sulfonamides is 1. The molecule has 7 nitrogen and oxygen atoms in total. The number of aromatic nitrogens is 2. The molecule has 0 amide bonds. The van der Waals surface area contributed by atoms with Crippen molar-refractivity contribution >= 4 is 10.0 Å². The SMILES string of the molecule is CCOc1ccc(S(=O)(=O)NCc2nccnc2-c2ccco2)cc1. The van der Waals surface area contributed by atoms with Crippen LogP contribution in [0.4, 0.5) is 0 Å². The smallest absolute Gasteiger partial charge is 0.240 e. The molecule has 0 unspecified atom stereocenters. The highest BCUT2D eigenvalue weighted by Gasteiger charge is 2.17. The van der Waals surface area contributed by atoms with Crippen molar-refractivity contribution in [2.75, 3.05) is 6.61 Å². The predicted molar refractivity (Wildman–Crippen MR) is 91.4 cm³/mol. The third kappa shape index (κ3) is 4.04. The summed E-state index contributed by atoms with van der Waals surface area (Å²) in [6.45, 7) is 2.38. The average Bonchev–Trinajstić information content (AvgIpc) is 3.16. The minimum atomic E-state index is -3.68. The van der Waals surface area contributed by atoms with E-state index in [0.717, 1.165) is 0 Å². The molecule has 2 aromatic heterocycles. The molecular formula is C17H17N3O4S. The molecule has 0 fully saturated rings. The van der Waals surface area contributed by atoms with Crippen molar-refractivity contribution < 1.29 is 17.6 Å². The molecule has 0 spiro atoms. The zero-order valence-electron chi connectivity index (χ0n) is 13.5. The Morgan fingerprint density at radius 2 is 1.88 bits per heavy atom. The van der Waals surface area contributed by atoms with Crippen molar-refractivity contribution in [3.63, 3.8) is 0 Å². The van der Waals surface area contributed by atoms with E-state index in [9.17, 15) is 8.42 Å². The molecule has 8 heteroatoms. The van der Waals surface area contributed by atoms with Gasteiger partial charge in [-0.1, -0.05) is 0 Å². The Balaban J connectivity index is 1.77. The zero-order valence-corrected chi connectivity index (χ0v) is 14.4. The van der Waals surface area contributed by atoms with Gasteiger partial charge in [0.15, 0.2) is 5.76 Å². The molecule has 0 saturated carbocycles. The van der Waals surface area contributed by atoms with Gasteiger partial charge >= 0.3 is 0 Å². The van der Waals surface area contributed by atoms with Gasteiger partial charge in [0.2, 0.25) is 10.0 Å². The van der Waals surface area contributed by atoms with Crippen LogP contribution in [0.25, 0.3) is 11.5 Å². The van der Waals surface area contributed by atoms with E-state index < -0.39 is 10.0 Å². The van der Waals surface area contributed by atoms with Crippen LogP contribution in [-0.4, -0.2) is 25.0 Å². The van der Waals surface area contributed by atoms with Crippen molar-refractivity contribution in [3.05, 3.63) is 60.7 Å². The monoisotopic (exact) mass is 359 g/mol. The Morgan fingerprint density at radius 3 is 2.56 bits per heavy atom. The molecule has 0 aliphatic rings. The van der Waals surface area contributed by atoms with E-state index in [2.05, 4.69) is 14.7 Å². The lowest BCUT2D eigenvalue weighted by Gasteiger charge is -2.09. The van der Waals surface area contributed by atoms with Crippen LogP contribution in [0.5, 0.6) is 5.75 Å². The number of benzene rings is 1. The molecule has 130 valence electrons. The van der Waals surface area contributed by atoms with Gasteiger partial charge in [0.05, 0.1) is 30.0 Å². The number of hydrogen-bond acceptors (Lipinski definition) is 6. The topological polar surface area (TPSA) is 94.3 Å². The van der Waals surface area contributed by atoms with Gasteiger partial charge in [-0.15, -0.1) is 0 Å². The van der Waals surface area contributed by atoms with E-state index in [1.807, 2.05) is 6.92 Å². The van der Waals surface area contributed by atoms with E-state index in [1.54, 1.807) is 24.3 Å². The molecule has 3 aromatic rings. The van der Waals surface area contributed by atoms with Crippen LogP contribution in [0.2, 0.25) is 0 Å². The van der Waals surface area contributed by atoms with Crippen LogP contribution in [0.3, 0.4) is 0 Å². The zero-order chi connectivity index (χ0) is 17.7. The summed E-state index contributed by atoms with van der Waals surface area (Å²) in [6, 6.07) is 9.71. The summed E-state index contributed by atoms with van der Waals surface area (Å²) in [4.78, 5) is 8.57. The van der Waals surface area contributed by atoms with Gasteiger partial charge in [-0.2, -0.15) is 0 Å². The highest BCUT2D eigenvalue weighted by Crippen LogP contribution is 2.21. The Hall–Kier alpha value is -2.71. The van der Waals surface area contributed by atoms with Crippen molar-refractivity contribution in [3.8, 4) is 17.2 Å². The average molecular weight is 359 g/mol. The molecule has 0 atom stereocenters. The number of ether oxygens (including phenoxy) is 1. The molecule has 25 heavy (non-hydrogen) atoms. The first-order valence-electron chi connectivity index (χ1n) is 7.66. The molecule has 1 N–H and O–H groups in total. The van der Waals surface area contributed by atoms with Crippen LogP contribution in [0, 0.1) is 0 Å². The molecule has 2 heterocycles.